The first kappa shape index (κ1) is 43.3. The Hall–Kier alpha value is -8.46. The van der Waals surface area contributed by atoms with Crippen molar-refractivity contribution in [3.05, 3.63) is 264 Å². The summed E-state index contributed by atoms with van der Waals surface area (Å²) in [7, 11) is 0. The topological polar surface area (TPSA) is 6.48 Å². The van der Waals surface area contributed by atoms with Crippen molar-refractivity contribution in [2.75, 3.05) is 9.80 Å². The van der Waals surface area contributed by atoms with E-state index in [1.165, 1.54) is 116 Å². The SMILES string of the molecule is CC1(C)c2ccccc2-c2ccc(N(c3ccc(-c4ccc5c(c4)-c4ccc(N(c6ccc7c(c6)C(C)(C)c6ccccc6-7)c6cccc7ccccc67)cc4C5(C)C)cc3)c3cccc4ccccc34)cc21. The van der Waals surface area contributed by atoms with Gasteiger partial charge in [0.05, 0.1) is 11.4 Å². The fourth-order valence-corrected chi connectivity index (χ4v) is 13.2. The summed E-state index contributed by atoms with van der Waals surface area (Å²) in [5, 5.41) is 4.91. The van der Waals surface area contributed by atoms with Crippen molar-refractivity contribution in [2.24, 2.45) is 0 Å². The Balaban J connectivity index is 0.852. The number of fused-ring (bicyclic) bond motifs is 11. The molecule has 0 saturated heterocycles. The lowest BCUT2D eigenvalue weighted by atomic mass is 9.81. The molecule has 11 aromatic carbocycles. The Kier molecular flexibility index (Phi) is 9.36. The van der Waals surface area contributed by atoms with Crippen LogP contribution in [-0.2, 0) is 16.2 Å². The minimum Gasteiger partial charge on any atom is -0.310 e. The van der Waals surface area contributed by atoms with Crippen LogP contribution in [0.3, 0.4) is 0 Å². The Morgan fingerprint density at radius 2 is 0.603 bits per heavy atom. The van der Waals surface area contributed by atoms with Crippen LogP contribution in [0.25, 0.3) is 66.1 Å². The van der Waals surface area contributed by atoms with Gasteiger partial charge in [-0.3, -0.25) is 0 Å². The van der Waals surface area contributed by atoms with Crippen LogP contribution in [0.4, 0.5) is 34.1 Å². The van der Waals surface area contributed by atoms with Crippen molar-refractivity contribution >= 4 is 55.7 Å². The molecule has 0 amide bonds. The average molecular weight is 937 g/mol. The molecule has 3 aliphatic carbocycles. The van der Waals surface area contributed by atoms with E-state index in [1.807, 2.05) is 0 Å². The molecule has 2 nitrogen and oxygen atoms in total. The van der Waals surface area contributed by atoms with Crippen LogP contribution in [0.15, 0.2) is 231 Å². The highest BCUT2D eigenvalue weighted by molar-refractivity contribution is 6.02. The predicted octanol–water partition coefficient (Wildman–Crippen LogP) is 19.5. The molecule has 0 fully saturated rings. The molecule has 0 heterocycles. The summed E-state index contributed by atoms with van der Waals surface area (Å²) >= 11 is 0. The van der Waals surface area contributed by atoms with Gasteiger partial charge in [-0.2, -0.15) is 0 Å². The van der Waals surface area contributed by atoms with Crippen molar-refractivity contribution in [3.63, 3.8) is 0 Å². The molecule has 3 aliphatic rings. The minimum atomic E-state index is -0.209. The van der Waals surface area contributed by atoms with E-state index in [2.05, 4.69) is 282 Å². The van der Waals surface area contributed by atoms with Crippen molar-refractivity contribution in [1.29, 1.82) is 0 Å². The zero-order chi connectivity index (χ0) is 49.4. The number of hydrogen-bond donors (Lipinski definition) is 0. The van der Waals surface area contributed by atoms with E-state index in [9.17, 15) is 0 Å². The van der Waals surface area contributed by atoms with Crippen molar-refractivity contribution in [3.8, 4) is 44.5 Å². The number of hydrogen-bond acceptors (Lipinski definition) is 2. The monoisotopic (exact) mass is 936 g/mol. The van der Waals surface area contributed by atoms with E-state index in [1.54, 1.807) is 0 Å². The van der Waals surface area contributed by atoms with Gasteiger partial charge in [0.2, 0.25) is 0 Å². The van der Waals surface area contributed by atoms with Gasteiger partial charge in [0.15, 0.2) is 0 Å². The summed E-state index contributed by atoms with van der Waals surface area (Å²) in [6.45, 7) is 14.3. The standard InChI is InChI=1S/C71H56N2/c1-69(2)61-25-13-11-23-55(61)57-37-34-50(42-64(57)69)72(67-27-15-19-46-17-7-9-21-53(46)67)49-32-29-45(30-33-49)48-31-40-63-60(41-48)59-39-36-52(44-66(59)71(63,5)6)73(68-28-16-20-47-18-8-10-22-54(47)68)51-35-38-58-56-24-12-14-26-62(56)70(3,4)65(58)43-51/h7-44H,1-6H3. The summed E-state index contributed by atoms with van der Waals surface area (Å²) in [6.07, 6.45) is 0. The lowest BCUT2D eigenvalue weighted by Gasteiger charge is -2.30. The summed E-state index contributed by atoms with van der Waals surface area (Å²) in [5.41, 5.74) is 25.1. The smallest absolute Gasteiger partial charge is 0.0540 e. The number of benzene rings is 11. The first-order chi connectivity index (χ1) is 35.5. The molecule has 0 aromatic heterocycles. The van der Waals surface area contributed by atoms with Crippen LogP contribution in [0, 0.1) is 0 Å². The second-order valence-corrected chi connectivity index (χ2v) is 22.1. The zero-order valence-corrected chi connectivity index (χ0v) is 42.3. The van der Waals surface area contributed by atoms with E-state index >= 15 is 0 Å². The van der Waals surface area contributed by atoms with Gasteiger partial charge in [-0.05, 0) is 155 Å². The molecule has 73 heavy (non-hydrogen) atoms. The Bertz CT molecular complexity index is 4060. The molecule has 0 N–H and O–H groups in total. The third-order valence-electron chi connectivity index (χ3n) is 17.0. The van der Waals surface area contributed by atoms with E-state index in [-0.39, 0.29) is 16.2 Å². The van der Waals surface area contributed by atoms with Gasteiger partial charge in [0.1, 0.15) is 0 Å². The molecule has 14 rings (SSSR count). The molecule has 0 radical (unpaired) electrons. The normalized spacial score (nSPS) is 14.8. The van der Waals surface area contributed by atoms with Crippen LogP contribution in [0.5, 0.6) is 0 Å². The molecule has 0 unspecified atom stereocenters. The lowest BCUT2D eigenvalue weighted by Crippen LogP contribution is -2.18. The van der Waals surface area contributed by atoms with Crippen LogP contribution < -0.4 is 9.80 Å². The van der Waals surface area contributed by atoms with E-state index in [0.29, 0.717) is 0 Å². The maximum absolute atomic E-state index is 2.50. The summed E-state index contributed by atoms with van der Waals surface area (Å²) in [6, 6.07) is 86.5. The molecule has 0 bridgehead atoms. The van der Waals surface area contributed by atoms with Crippen LogP contribution >= 0.6 is 0 Å². The quantitative estimate of drug-likeness (QED) is 0.157. The molecule has 0 spiro atoms. The maximum atomic E-state index is 2.50. The molecule has 0 atom stereocenters. The maximum Gasteiger partial charge on any atom is 0.0540 e. The fraction of sp³-hybridized carbons (Fsp3) is 0.127. The molecular weight excluding hydrogens is 881 g/mol. The number of rotatable bonds is 7. The Labute approximate surface area is 429 Å². The van der Waals surface area contributed by atoms with Crippen LogP contribution in [-0.4, -0.2) is 0 Å². The van der Waals surface area contributed by atoms with Gasteiger partial charge in [-0.25, -0.2) is 0 Å². The van der Waals surface area contributed by atoms with E-state index in [0.717, 1.165) is 17.1 Å². The third-order valence-corrected chi connectivity index (χ3v) is 17.0. The van der Waals surface area contributed by atoms with Gasteiger partial charge in [0, 0.05) is 49.8 Å². The van der Waals surface area contributed by atoms with Gasteiger partial charge in [-0.1, -0.05) is 205 Å². The number of nitrogens with zero attached hydrogens (tertiary/aromatic N) is 2. The van der Waals surface area contributed by atoms with E-state index < -0.39 is 0 Å². The largest absolute Gasteiger partial charge is 0.310 e. The third kappa shape index (κ3) is 6.42. The fourth-order valence-electron chi connectivity index (χ4n) is 13.2. The Morgan fingerprint density at radius 3 is 1.10 bits per heavy atom. The molecular formula is C71H56N2. The van der Waals surface area contributed by atoms with Crippen molar-refractivity contribution in [1.82, 2.24) is 0 Å². The number of anilines is 6. The highest BCUT2D eigenvalue weighted by Crippen LogP contribution is 2.55. The minimum absolute atomic E-state index is 0.109. The molecule has 2 heteroatoms. The van der Waals surface area contributed by atoms with Crippen molar-refractivity contribution in [2.45, 2.75) is 57.8 Å². The first-order valence-electron chi connectivity index (χ1n) is 25.9. The first-order valence-corrected chi connectivity index (χ1v) is 25.9. The highest BCUT2D eigenvalue weighted by atomic mass is 15.1. The van der Waals surface area contributed by atoms with Gasteiger partial charge < -0.3 is 9.80 Å². The van der Waals surface area contributed by atoms with Gasteiger partial charge >= 0.3 is 0 Å². The predicted molar refractivity (Wildman–Crippen MR) is 309 cm³/mol. The second-order valence-electron chi connectivity index (χ2n) is 22.1. The average Bonchev–Trinajstić information content (AvgIpc) is 3.90. The van der Waals surface area contributed by atoms with Gasteiger partial charge in [0.25, 0.3) is 0 Å². The molecule has 0 aliphatic heterocycles. The van der Waals surface area contributed by atoms with Crippen LogP contribution in [0.2, 0.25) is 0 Å². The van der Waals surface area contributed by atoms with Crippen LogP contribution in [0.1, 0.15) is 74.9 Å². The molecule has 11 aromatic rings. The van der Waals surface area contributed by atoms with Gasteiger partial charge in [-0.15, -0.1) is 0 Å². The van der Waals surface area contributed by atoms with E-state index in [4.69, 9.17) is 0 Å². The highest BCUT2D eigenvalue weighted by Gasteiger charge is 2.39. The summed E-state index contributed by atoms with van der Waals surface area (Å²) < 4.78 is 0. The summed E-state index contributed by atoms with van der Waals surface area (Å²) in [4.78, 5) is 4.95. The Morgan fingerprint density at radius 1 is 0.247 bits per heavy atom. The summed E-state index contributed by atoms with van der Waals surface area (Å²) in [5.74, 6) is 0. The zero-order valence-electron chi connectivity index (χ0n) is 42.3. The van der Waals surface area contributed by atoms with Crippen molar-refractivity contribution < 1.29 is 0 Å². The lowest BCUT2D eigenvalue weighted by molar-refractivity contribution is 0.660. The second kappa shape index (κ2) is 15.8. The molecule has 0 saturated carbocycles. The molecule has 350 valence electrons.